The molecule has 2 heterocycles. The molecule has 1 N–H and O–H groups in total. The number of aliphatic hydroxyl groups excluding tert-OH is 1. The lowest BCUT2D eigenvalue weighted by Crippen LogP contribution is -2.10. The van der Waals surface area contributed by atoms with Crippen LogP contribution >= 0.6 is 23.4 Å². The van der Waals surface area contributed by atoms with Crippen LogP contribution < -0.4 is 0 Å². The number of aryl methyl sites for hydroxylation is 1. The smallest absolute Gasteiger partial charge is 0.145 e. The van der Waals surface area contributed by atoms with Gasteiger partial charge in [0, 0.05) is 40.9 Å². The molecule has 138 valence electrons. The summed E-state index contributed by atoms with van der Waals surface area (Å²) in [5.74, 6) is -0.0506. The number of hydrogen-bond donors (Lipinski definition) is 1. The van der Waals surface area contributed by atoms with E-state index in [1.54, 1.807) is 30.1 Å². The van der Waals surface area contributed by atoms with E-state index in [1.807, 2.05) is 17.7 Å². The third-order valence-electron chi connectivity index (χ3n) is 4.20. The van der Waals surface area contributed by atoms with E-state index in [1.165, 1.54) is 6.20 Å². The summed E-state index contributed by atoms with van der Waals surface area (Å²) < 4.78 is 16.1. The van der Waals surface area contributed by atoms with Gasteiger partial charge in [0.2, 0.25) is 0 Å². The molecule has 3 rings (SSSR count). The first-order valence-electron chi connectivity index (χ1n) is 8.45. The van der Waals surface area contributed by atoms with Gasteiger partial charge in [-0.2, -0.15) is 5.10 Å². The van der Waals surface area contributed by atoms with Crippen molar-refractivity contribution >= 4 is 23.4 Å². The number of hydrogen-bond acceptors (Lipinski definition) is 4. The SMILES string of the molecule is Cc1nn(C(C)C)c(SC2C=C(Cl)C=C(O)C2)c1Cc1ccncc1F. The van der Waals surface area contributed by atoms with Gasteiger partial charge >= 0.3 is 0 Å². The zero-order valence-corrected chi connectivity index (χ0v) is 16.5. The van der Waals surface area contributed by atoms with Crippen LogP contribution in [0.15, 0.2) is 46.4 Å². The van der Waals surface area contributed by atoms with E-state index in [9.17, 15) is 9.50 Å². The Balaban J connectivity index is 1.97. The van der Waals surface area contributed by atoms with Crippen molar-refractivity contribution in [2.24, 2.45) is 0 Å². The maximum Gasteiger partial charge on any atom is 0.145 e. The minimum absolute atomic E-state index is 0.00198. The molecular formula is C19H21ClFN3OS. The number of halogens is 2. The van der Waals surface area contributed by atoms with Crippen molar-refractivity contribution < 1.29 is 9.50 Å². The fourth-order valence-corrected chi connectivity index (χ4v) is 4.73. The van der Waals surface area contributed by atoms with Crippen LogP contribution in [-0.2, 0) is 6.42 Å². The number of nitrogens with zero attached hydrogens (tertiary/aromatic N) is 3. The molecule has 0 saturated heterocycles. The summed E-state index contributed by atoms with van der Waals surface area (Å²) in [4.78, 5) is 3.82. The second-order valence-corrected chi connectivity index (χ2v) is 8.26. The van der Waals surface area contributed by atoms with Gasteiger partial charge in [0.1, 0.15) is 5.82 Å². The van der Waals surface area contributed by atoms with Crippen molar-refractivity contribution in [1.82, 2.24) is 14.8 Å². The van der Waals surface area contributed by atoms with Gasteiger partial charge in [-0.05, 0) is 38.5 Å². The third kappa shape index (κ3) is 4.13. The van der Waals surface area contributed by atoms with Crippen LogP contribution in [0.1, 0.15) is 43.1 Å². The lowest BCUT2D eigenvalue weighted by atomic mass is 10.1. The van der Waals surface area contributed by atoms with Crippen molar-refractivity contribution in [1.29, 1.82) is 0 Å². The summed E-state index contributed by atoms with van der Waals surface area (Å²) in [6.07, 6.45) is 7.27. The number of aromatic nitrogens is 3. The number of allylic oxidation sites excluding steroid dienone is 3. The molecule has 26 heavy (non-hydrogen) atoms. The van der Waals surface area contributed by atoms with Crippen LogP contribution in [0.25, 0.3) is 0 Å². The number of aliphatic hydroxyl groups is 1. The van der Waals surface area contributed by atoms with Crippen molar-refractivity contribution in [3.05, 3.63) is 64.0 Å². The summed E-state index contributed by atoms with van der Waals surface area (Å²) in [5.41, 5.74) is 2.46. The van der Waals surface area contributed by atoms with E-state index in [-0.39, 0.29) is 22.9 Å². The van der Waals surface area contributed by atoms with Gasteiger partial charge in [0.05, 0.1) is 22.7 Å². The van der Waals surface area contributed by atoms with Crippen molar-refractivity contribution in [2.75, 3.05) is 0 Å². The van der Waals surface area contributed by atoms with Crippen molar-refractivity contribution in [2.45, 2.75) is 49.9 Å². The van der Waals surface area contributed by atoms with Crippen LogP contribution in [-0.4, -0.2) is 25.1 Å². The van der Waals surface area contributed by atoms with Gasteiger partial charge in [-0.1, -0.05) is 29.4 Å². The lowest BCUT2D eigenvalue weighted by molar-refractivity contribution is 0.388. The van der Waals surface area contributed by atoms with E-state index >= 15 is 0 Å². The van der Waals surface area contributed by atoms with Gasteiger partial charge in [0.25, 0.3) is 0 Å². The van der Waals surface area contributed by atoms with Gasteiger partial charge in [0.15, 0.2) is 0 Å². The fraction of sp³-hybridized carbons (Fsp3) is 0.368. The van der Waals surface area contributed by atoms with Gasteiger partial charge in [-0.15, -0.1) is 0 Å². The summed E-state index contributed by atoms with van der Waals surface area (Å²) >= 11 is 7.70. The molecule has 0 radical (unpaired) electrons. The molecule has 1 unspecified atom stereocenters. The topological polar surface area (TPSA) is 50.9 Å². The lowest BCUT2D eigenvalue weighted by Gasteiger charge is -2.19. The van der Waals surface area contributed by atoms with Crippen LogP contribution in [0.2, 0.25) is 0 Å². The van der Waals surface area contributed by atoms with E-state index in [4.69, 9.17) is 11.6 Å². The summed E-state index contributed by atoms with van der Waals surface area (Å²) in [6, 6.07) is 1.86. The molecule has 2 aromatic heterocycles. The Morgan fingerprint density at radius 2 is 2.23 bits per heavy atom. The first-order valence-corrected chi connectivity index (χ1v) is 9.70. The Morgan fingerprint density at radius 3 is 2.88 bits per heavy atom. The molecule has 0 aromatic carbocycles. The second-order valence-electron chi connectivity index (χ2n) is 6.60. The Bertz CT molecular complexity index is 876. The second kappa shape index (κ2) is 7.84. The maximum absolute atomic E-state index is 14.1. The summed E-state index contributed by atoms with van der Waals surface area (Å²) in [7, 11) is 0. The fourth-order valence-electron chi connectivity index (χ4n) is 2.90. The molecule has 2 aromatic rings. The highest BCUT2D eigenvalue weighted by Crippen LogP contribution is 2.37. The first kappa shape index (κ1) is 19.0. The Kier molecular flexibility index (Phi) is 5.73. The number of pyridine rings is 1. The standard InChI is InChI=1S/C19H21ClFN3OS/c1-11(2)24-19(26-16-8-14(20)7-15(25)9-16)17(12(3)23-24)6-13-4-5-22-10-18(13)21/h4-5,7-8,10-11,16,25H,6,9H2,1-3H3. The molecule has 1 atom stereocenters. The molecule has 1 aliphatic rings. The van der Waals surface area contributed by atoms with Crippen LogP contribution in [0.3, 0.4) is 0 Å². The van der Waals surface area contributed by atoms with Crippen LogP contribution in [0.5, 0.6) is 0 Å². The highest BCUT2D eigenvalue weighted by Gasteiger charge is 2.24. The van der Waals surface area contributed by atoms with Crippen LogP contribution in [0.4, 0.5) is 4.39 Å². The molecule has 0 saturated carbocycles. The Hall–Kier alpha value is -1.79. The maximum atomic E-state index is 14.1. The summed E-state index contributed by atoms with van der Waals surface area (Å²) in [6.45, 7) is 6.07. The molecule has 1 aliphatic carbocycles. The quantitative estimate of drug-likeness (QED) is 0.746. The molecular weight excluding hydrogens is 373 g/mol. The minimum Gasteiger partial charge on any atom is -0.512 e. The monoisotopic (exact) mass is 393 g/mol. The zero-order chi connectivity index (χ0) is 18.8. The molecule has 0 bridgehead atoms. The largest absolute Gasteiger partial charge is 0.512 e. The third-order valence-corrected chi connectivity index (χ3v) is 5.69. The molecule has 0 aliphatic heterocycles. The minimum atomic E-state index is -0.318. The average Bonchev–Trinajstić information content (AvgIpc) is 2.85. The Labute approximate surface area is 161 Å². The predicted octanol–water partition coefficient (Wildman–Crippen LogP) is 5.33. The number of thioether (sulfide) groups is 1. The molecule has 0 fully saturated rings. The molecule has 4 nitrogen and oxygen atoms in total. The van der Waals surface area contributed by atoms with Gasteiger partial charge in [-0.3, -0.25) is 9.67 Å². The van der Waals surface area contributed by atoms with Gasteiger partial charge in [-0.25, -0.2) is 4.39 Å². The zero-order valence-electron chi connectivity index (χ0n) is 14.9. The van der Waals surface area contributed by atoms with Crippen LogP contribution in [0, 0.1) is 12.7 Å². The van der Waals surface area contributed by atoms with E-state index < -0.39 is 0 Å². The molecule has 0 amide bonds. The molecule has 0 spiro atoms. The highest BCUT2D eigenvalue weighted by molar-refractivity contribution is 8.00. The number of rotatable bonds is 5. The highest BCUT2D eigenvalue weighted by atomic mass is 35.5. The van der Waals surface area contributed by atoms with Crippen molar-refractivity contribution in [3.63, 3.8) is 0 Å². The first-order chi connectivity index (χ1) is 12.3. The van der Waals surface area contributed by atoms with E-state index in [0.717, 1.165) is 16.3 Å². The van der Waals surface area contributed by atoms with Gasteiger partial charge < -0.3 is 5.11 Å². The van der Waals surface area contributed by atoms with E-state index in [2.05, 4.69) is 23.9 Å². The molecule has 7 heteroatoms. The predicted molar refractivity (Wildman–Crippen MR) is 103 cm³/mol. The Morgan fingerprint density at radius 1 is 1.46 bits per heavy atom. The normalized spacial score (nSPS) is 17.4. The van der Waals surface area contributed by atoms with E-state index in [0.29, 0.717) is 23.4 Å². The van der Waals surface area contributed by atoms with Crippen molar-refractivity contribution in [3.8, 4) is 0 Å². The summed E-state index contributed by atoms with van der Waals surface area (Å²) in [5, 5.41) is 16.1. The average molecular weight is 394 g/mol.